The third-order valence-electron chi connectivity index (χ3n) is 3.62. The lowest BCUT2D eigenvalue weighted by atomic mass is 10.0. The number of ether oxygens (including phenoxy) is 1. The minimum Gasteiger partial charge on any atom is -0.497 e. The van der Waals surface area contributed by atoms with Crippen molar-refractivity contribution in [2.75, 3.05) is 18.6 Å². The zero-order valence-electron chi connectivity index (χ0n) is 10.8. The Morgan fingerprint density at radius 2 is 2.24 bits per heavy atom. The van der Waals surface area contributed by atoms with E-state index in [-0.39, 0.29) is 0 Å². The van der Waals surface area contributed by atoms with Gasteiger partial charge in [0.05, 0.1) is 7.11 Å². The van der Waals surface area contributed by atoms with Crippen LogP contribution < -0.4 is 15.4 Å². The van der Waals surface area contributed by atoms with Gasteiger partial charge in [-0.25, -0.2) is 0 Å². The van der Waals surface area contributed by atoms with Crippen LogP contribution in [0.4, 0.5) is 5.69 Å². The third kappa shape index (κ3) is 2.55. The summed E-state index contributed by atoms with van der Waals surface area (Å²) in [6.45, 7) is 4.00. The van der Waals surface area contributed by atoms with Crippen molar-refractivity contribution in [2.45, 2.75) is 38.8 Å². The number of anilines is 1. The smallest absolute Gasteiger partial charge is 0.120 e. The van der Waals surface area contributed by atoms with Crippen molar-refractivity contribution in [1.29, 1.82) is 0 Å². The molecule has 2 N–H and O–H groups in total. The number of hydrogen-bond donors (Lipinski definition) is 1. The Morgan fingerprint density at radius 3 is 2.88 bits per heavy atom. The van der Waals surface area contributed by atoms with Crippen LogP contribution in [0.5, 0.6) is 5.75 Å². The van der Waals surface area contributed by atoms with Crippen molar-refractivity contribution >= 4 is 5.69 Å². The molecule has 1 unspecified atom stereocenters. The maximum absolute atomic E-state index is 5.83. The van der Waals surface area contributed by atoms with Gasteiger partial charge in [-0.05, 0) is 37.8 Å². The van der Waals surface area contributed by atoms with Crippen LogP contribution in [0.1, 0.15) is 31.7 Å². The van der Waals surface area contributed by atoms with Crippen LogP contribution in [0.2, 0.25) is 0 Å². The van der Waals surface area contributed by atoms with Crippen LogP contribution in [0.15, 0.2) is 18.2 Å². The van der Waals surface area contributed by atoms with Crippen LogP contribution >= 0.6 is 0 Å². The second kappa shape index (κ2) is 5.41. The van der Waals surface area contributed by atoms with Crippen LogP contribution in [0.3, 0.4) is 0 Å². The second-order valence-corrected chi connectivity index (χ2v) is 4.74. The first-order chi connectivity index (χ1) is 8.26. The lowest BCUT2D eigenvalue weighted by Crippen LogP contribution is -2.38. The van der Waals surface area contributed by atoms with E-state index in [2.05, 4.69) is 24.0 Å². The summed E-state index contributed by atoms with van der Waals surface area (Å²) >= 11 is 0. The number of benzene rings is 1. The molecule has 0 aliphatic carbocycles. The van der Waals surface area contributed by atoms with Crippen molar-refractivity contribution < 1.29 is 4.74 Å². The lowest BCUT2D eigenvalue weighted by Gasteiger charge is -2.36. The first-order valence-electron chi connectivity index (χ1n) is 6.40. The molecule has 1 aromatic rings. The molecule has 17 heavy (non-hydrogen) atoms. The van der Waals surface area contributed by atoms with Gasteiger partial charge >= 0.3 is 0 Å². The molecule has 1 fully saturated rings. The van der Waals surface area contributed by atoms with Gasteiger partial charge in [-0.15, -0.1) is 0 Å². The predicted molar refractivity (Wildman–Crippen MR) is 71.5 cm³/mol. The highest BCUT2D eigenvalue weighted by molar-refractivity contribution is 5.58. The topological polar surface area (TPSA) is 38.5 Å². The standard InChI is InChI=1S/C14H22N2O/c1-11-5-3-4-8-16(11)14-9-13(17-2)7-6-12(14)10-15/h6-7,9,11H,3-5,8,10,15H2,1-2H3. The molecule has 2 rings (SSSR count). The van der Waals surface area contributed by atoms with E-state index in [9.17, 15) is 0 Å². The van der Waals surface area contributed by atoms with E-state index in [1.54, 1.807) is 7.11 Å². The van der Waals surface area contributed by atoms with Gasteiger partial charge in [0, 0.05) is 30.9 Å². The van der Waals surface area contributed by atoms with Crippen molar-refractivity contribution in [3.8, 4) is 5.75 Å². The predicted octanol–water partition coefficient (Wildman–Crippen LogP) is 2.53. The minimum atomic E-state index is 0.586. The Hall–Kier alpha value is -1.22. The highest BCUT2D eigenvalue weighted by Gasteiger charge is 2.20. The van der Waals surface area contributed by atoms with E-state index in [1.165, 1.54) is 30.5 Å². The largest absolute Gasteiger partial charge is 0.497 e. The molecule has 3 heteroatoms. The molecule has 1 atom stereocenters. The average Bonchev–Trinajstić information content (AvgIpc) is 2.38. The number of methoxy groups -OCH3 is 1. The molecule has 1 heterocycles. The number of hydrogen-bond acceptors (Lipinski definition) is 3. The second-order valence-electron chi connectivity index (χ2n) is 4.74. The Bertz CT molecular complexity index is 378. The Labute approximate surface area is 104 Å². The summed E-state index contributed by atoms with van der Waals surface area (Å²) in [7, 11) is 1.71. The first kappa shape index (κ1) is 12.2. The van der Waals surface area contributed by atoms with E-state index in [0.717, 1.165) is 12.3 Å². The Balaban J connectivity index is 2.33. The van der Waals surface area contributed by atoms with Gasteiger partial charge in [0.1, 0.15) is 5.75 Å². The number of nitrogens with two attached hydrogens (primary N) is 1. The first-order valence-corrected chi connectivity index (χ1v) is 6.40. The van der Waals surface area contributed by atoms with Crippen LogP contribution in [0, 0.1) is 0 Å². The molecule has 0 aromatic heterocycles. The molecule has 1 aliphatic rings. The quantitative estimate of drug-likeness (QED) is 0.873. The minimum absolute atomic E-state index is 0.586. The van der Waals surface area contributed by atoms with E-state index >= 15 is 0 Å². The summed E-state index contributed by atoms with van der Waals surface area (Å²) < 4.78 is 5.31. The van der Waals surface area contributed by atoms with Gasteiger partial charge in [0.15, 0.2) is 0 Å². The molecule has 1 aliphatic heterocycles. The molecule has 1 aromatic carbocycles. The number of rotatable bonds is 3. The summed E-state index contributed by atoms with van der Waals surface area (Å²) in [4.78, 5) is 2.47. The summed E-state index contributed by atoms with van der Waals surface area (Å²) in [5.41, 5.74) is 8.28. The van der Waals surface area contributed by atoms with Gasteiger partial charge in [0.25, 0.3) is 0 Å². The molecule has 0 spiro atoms. The highest BCUT2D eigenvalue weighted by Crippen LogP contribution is 2.30. The van der Waals surface area contributed by atoms with Gasteiger partial charge in [-0.2, -0.15) is 0 Å². The van der Waals surface area contributed by atoms with Crippen molar-refractivity contribution in [2.24, 2.45) is 5.73 Å². The molecular weight excluding hydrogens is 212 g/mol. The van der Waals surface area contributed by atoms with Crippen LogP contribution in [-0.4, -0.2) is 19.7 Å². The summed E-state index contributed by atoms with van der Waals surface area (Å²) in [5, 5.41) is 0. The number of nitrogens with zero attached hydrogens (tertiary/aromatic N) is 1. The zero-order valence-corrected chi connectivity index (χ0v) is 10.8. The maximum Gasteiger partial charge on any atom is 0.120 e. The molecule has 0 radical (unpaired) electrons. The molecule has 94 valence electrons. The molecule has 0 amide bonds. The monoisotopic (exact) mass is 234 g/mol. The van der Waals surface area contributed by atoms with Gasteiger partial charge in [0.2, 0.25) is 0 Å². The molecular formula is C14H22N2O. The van der Waals surface area contributed by atoms with Gasteiger partial charge in [-0.1, -0.05) is 6.07 Å². The maximum atomic E-state index is 5.83. The fourth-order valence-corrected chi connectivity index (χ4v) is 2.57. The number of piperidine rings is 1. The van der Waals surface area contributed by atoms with Crippen molar-refractivity contribution in [3.05, 3.63) is 23.8 Å². The highest BCUT2D eigenvalue weighted by atomic mass is 16.5. The van der Waals surface area contributed by atoms with E-state index in [0.29, 0.717) is 12.6 Å². The van der Waals surface area contributed by atoms with Gasteiger partial charge in [-0.3, -0.25) is 0 Å². The lowest BCUT2D eigenvalue weighted by molar-refractivity contribution is 0.413. The normalized spacial score (nSPS) is 20.4. The SMILES string of the molecule is COc1ccc(CN)c(N2CCCCC2C)c1. The summed E-state index contributed by atoms with van der Waals surface area (Å²) in [5.74, 6) is 0.912. The molecule has 0 saturated carbocycles. The Kier molecular flexibility index (Phi) is 3.89. The zero-order chi connectivity index (χ0) is 12.3. The van der Waals surface area contributed by atoms with Crippen molar-refractivity contribution in [1.82, 2.24) is 0 Å². The van der Waals surface area contributed by atoms with E-state index < -0.39 is 0 Å². The van der Waals surface area contributed by atoms with Crippen LogP contribution in [0.25, 0.3) is 0 Å². The van der Waals surface area contributed by atoms with Crippen molar-refractivity contribution in [3.63, 3.8) is 0 Å². The summed E-state index contributed by atoms with van der Waals surface area (Å²) in [6.07, 6.45) is 3.87. The fraction of sp³-hybridized carbons (Fsp3) is 0.571. The third-order valence-corrected chi connectivity index (χ3v) is 3.62. The van der Waals surface area contributed by atoms with Crippen LogP contribution in [-0.2, 0) is 6.54 Å². The van der Waals surface area contributed by atoms with Gasteiger partial charge < -0.3 is 15.4 Å². The van der Waals surface area contributed by atoms with E-state index in [4.69, 9.17) is 10.5 Å². The summed E-state index contributed by atoms with van der Waals surface area (Å²) in [6, 6.07) is 6.78. The van der Waals surface area contributed by atoms with E-state index in [1.807, 2.05) is 6.07 Å². The Morgan fingerprint density at radius 1 is 1.41 bits per heavy atom. The fourth-order valence-electron chi connectivity index (χ4n) is 2.57. The molecule has 3 nitrogen and oxygen atoms in total. The molecule has 1 saturated heterocycles. The average molecular weight is 234 g/mol. The molecule has 0 bridgehead atoms.